The lowest BCUT2D eigenvalue weighted by Crippen LogP contribution is -2.42. The van der Waals surface area contributed by atoms with Crippen molar-refractivity contribution >= 4 is 23.6 Å². The summed E-state index contributed by atoms with van der Waals surface area (Å²) < 4.78 is 0. The van der Waals surface area contributed by atoms with E-state index in [4.69, 9.17) is 5.73 Å². The minimum Gasteiger partial charge on any atom is -0.370 e. The Kier molecular flexibility index (Phi) is 7.39. The van der Waals surface area contributed by atoms with Gasteiger partial charge in [0.05, 0.1) is 6.54 Å². The Bertz CT molecular complexity index is 570. The van der Waals surface area contributed by atoms with Crippen LogP contribution in [0, 0.1) is 0 Å². The number of guanidine groups is 1. The molecule has 0 unspecified atom stereocenters. The summed E-state index contributed by atoms with van der Waals surface area (Å²) in [4.78, 5) is 20.8. The monoisotopic (exact) mass is 349 g/mol. The van der Waals surface area contributed by atoms with Crippen molar-refractivity contribution in [3.05, 3.63) is 35.4 Å². The van der Waals surface area contributed by atoms with Gasteiger partial charge in [0.2, 0.25) is 0 Å². The summed E-state index contributed by atoms with van der Waals surface area (Å²) in [5.41, 5.74) is 7.72. The van der Waals surface area contributed by atoms with E-state index in [-0.39, 0.29) is 5.91 Å². The Balaban J connectivity index is 1.90. The summed E-state index contributed by atoms with van der Waals surface area (Å²) in [6.07, 6.45) is 0. The van der Waals surface area contributed by atoms with E-state index < -0.39 is 0 Å². The molecule has 1 aromatic carbocycles. The van der Waals surface area contributed by atoms with E-state index in [2.05, 4.69) is 15.2 Å². The number of rotatable bonds is 6. The molecule has 1 heterocycles. The predicted octanol–water partition coefficient (Wildman–Crippen LogP) is 0.842. The minimum absolute atomic E-state index is 0.0521. The Morgan fingerprint density at radius 1 is 1.38 bits per heavy atom. The molecule has 2 rings (SSSR count). The van der Waals surface area contributed by atoms with E-state index in [9.17, 15) is 4.79 Å². The first-order valence-electron chi connectivity index (χ1n) is 8.21. The number of nitrogens with zero attached hydrogens (tertiary/aromatic N) is 3. The molecular weight excluding hydrogens is 322 g/mol. The zero-order valence-corrected chi connectivity index (χ0v) is 15.3. The third-order valence-corrected chi connectivity index (χ3v) is 4.73. The van der Waals surface area contributed by atoms with Gasteiger partial charge in [-0.05, 0) is 31.8 Å². The Hall–Kier alpha value is -1.73. The first kappa shape index (κ1) is 18.6. The van der Waals surface area contributed by atoms with Crippen LogP contribution >= 0.6 is 11.8 Å². The predicted molar refractivity (Wildman–Crippen MR) is 102 cm³/mol. The van der Waals surface area contributed by atoms with E-state index in [1.807, 2.05) is 55.0 Å². The van der Waals surface area contributed by atoms with Gasteiger partial charge in [-0.3, -0.25) is 4.79 Å². The van der Waals surface area contributed by atoms with Crippen LogP contribution in [0.4, 0.5) is 0 Å². The highest BCUT2D eigenvalue weighted by atomic mass is 32.2. The van der Waals surface area contributed by atoms with Crippen molar-refractivity contribution in [3.8, 4) is 0 Å². The van der Waals surface area contributed by atoms with Gasteiger partial charge < -0.3 is 20.9 Å². The summed E-state index contributed by atoms with van der Waals surface area (Å²) in [6.45, 7) is 3.85. The lowest BCUT2D eigenvalue weighted by Gasteiger charge is -2.27. The van der Waals surface area contributed by atoms with Crippen LogP contribution in [-0.4, -0.2) is 73.4 Å². The van der Waals surface area contributed by atoms with Gasteiger partial charge in [-0.2, -0.15) is 11.8 Å². The molecule has 3 N–H and O–H groups in total. The number of hydrogen-bond donors (Lipinski definition) is 2. The molecule has 0 radical (unpaired) electrons. The van der Waals surface area contributed by atoms with Gasteiger partial charge in [0.15, 0.2) is 5.96 Å². The maximum Gasteiger partial charge on any atom is 0.251 e. The number of benzene rings is 1. The van der Waals surface area contributed by atoms with E-state index in [0.717, 1.165) is 36.7 Å². The molecule has 0 atom stereocenters. The quantitative estimate of drug-likeness (QED) is 0.588. The van der Waals surface area contributed by atoms with Gasteiger partial charge in [0, 0.05) is 43.2 Å². The fourth-order valence-electron chi connectivity index (χ4n) is 2.37. The topological polar surface area (TPSA) is 74.0 Å². The average molecular weight is 350 g/mol. The average Bonchev–Trinajstić information content (AvgIpc) is 2.60. The van der Waals surface area contributed by atoms with E-state index in [0.29, 0.717) is 24.6 Å². The highest BCUT2D eigenvalue weighted by molar-refractivity contribution is 7.99. The molecule has 1 amide bonds. The van der Waals surface area contributed by atoms with Gasteiger partial charge in [-0.1, -0.05) is 12.1 Å². The number of thioether (sulfide) groups is 1. The fourth-order valence-corrected chi connectivity index (χ4v) is 3.27. The van der Waals surface area contributed by atoms with E-state index in [1.54, 1.807) is 0 Å². The third kappa shape index (κ3) is 6.05. The number of hydrogen-bond acceptors (Lipinski definition) is 4. The SMILES string of the molecule is CN(C)CCNC(=O)c1cccc(CN=C(N)N2CCSCC2)c1. The van der Waals surface area contributed by atoms with Crippen molar-refractivity contribution in [2.45, 2.75) is 6.54 Å². The number of carbonyl (C=O) groups is 1. The molecule has 1 saturated heterocycles. The first-order chi connectivity index (χ1) is 11.6. The smallest absolute Gasteiger partial charge is 0.251 e. The molecule has 1 fully saturated rings. The van der Waals surface area contributed by atoms with Gasteiger partial charge >= 0.3 is 0 Å². The van der Waals surface area contributed by atoms with Crippen LogP contribution in [0.15, 0.2) is 29.3 Å². The zero-order valence-electron chi connectivity index (χ0n) is 14.5. The van der Waals surface area contributed by atoms with Crippen molar-refractivity contribution in [1.82, 2.24) is 15.1 Å². The molecule has 6 nitrogen and oxygen atoms in total. The van der Waals surface area contributed by atoms with Crippen LogP contribution in [0.1, 0.15) is 15.9 Å². The van der Waals surface area contributed by atoms with E-state index >= 15 is 0 Å². The molecule has 0 spiro atoms. The van der Waals surface area contributed by atoms with Gasteiger partial charge in [0.25, 0.3) is 5.91 Å². The van der Waals surface area contributed by atoms with Crippen LogP contribution in [-0.2, 0) is 6.54 Å². The summed E-state index contributed by atoms with van der Waals surface area (Å²) in [5.74, 6) is 2.73. The van der Waals surface area contributed by atoms with Gasteiger partial charge in [-0.25, -0.2) is 4.99 Å². The fraction of sp³-hybridized carbons (Fsp3) is 0.529. The van der Waals surface area contributed by atoms with Gasteiger partial charge in [-0.15, -0.1) is 0 Å². The molecule has 1 aliphatic rings. The molecule has 1 aliphatic heterocycles. The van der Waals surface area contributed by atoms with Crippen LogP contribution in [0.25, 0.3) is 0 Å². The number of nitrogens with two attached hydrogens (primary N) is 1. The Labute approximate surface area is 148 Å². The minimum atomic E-state index is -0.0521. The van der Waals surface area contributed by atoms with Crippen LogP contribution in [0.3, 0.4) is 0 Å². The van der Waals surface area contributed by atoms with Crippen molar-refractivity contribution in [1.29, 1.82) is 0 Å². The maximum atomic E-state index is 12.2. The zero-order chi connectivity index (χ0) is 17.4. The van der Waals surface area contributed by atoms with Crippen LogP contribution < -0.4 is 11.1 Å². The summed E-state index contributed by atoms with van der Waals surface area (Å²) in [7, 11) is 3.96. The second kappa shape index (κ2) is 9.54. The molecule has 132 valence electrons. The van der Waals surface area contributed by atoms with E-state index in [1.165, 1.54) is 0 Å². The number of nitrogens with one attached hydrogen (secondary N) is 1. The molecule has 0 saturated carbocycles. The molecular formula is C17H27N5OS. The van der Waals surface area contributed by atoms with Crippen molar-refractivity contribution in [2.24, 2.45) is 10.7 Å². The lowest BCUT2D eigenvalue weighted by molar-refractivity contribution is 0.0951. The molecule has 0 aromatic heterocycles. The maximum absolute atomic E-state index is 12.2. The van der Waals surface area contributed by atoms with Crippen molar-refractivity contribution in [2.75, 3.05) is 51.8 Å². The van der Waals surface area contributed by atoms with Gasteiger partial charge in [0.1, 0.15) is 0 Å². The summed E-state index contributed by atoms with van der Waals surface area (Å²) in [5, 5.41) is 2.92. The number of amides is 1. The molecule has 0 aliphatic carbocycles. The van der Waals surface area contributed by atoms with Crippen LogP contribution in [0.2, 0.25) is 0 Å². The summed E-state index contributed by atoms with van der Waals surface area (Å²) >= 11 is 1.94. The Morgan fingerprint density at radius 3 is 2.83 bits per heavy atom. The molecule has 24 heavy (non-hydrogen) atoms. The second-order valence-corrected chi connectivity index (χ2v) is 7.26. The lowest BCUT2D eigenvalue weighted by atomic mass is 10.1. The Morgan fingerprint density at radius 2 is 2.12 bits per heavy atom. The largest absolute Gasteiger partial charge is 0.370 e. The normalized spacial score (nSPS) is 15.6. The molecule has 0 bridgehead atoms. The number of carbonyl (C=O) groups excluding carboxylic acids is 1. The number of likely N-dealkylation sites (N-methyl/N-ethyl adjacent to an activating group) is 1. The highest BCUT2D eigenvalue weighted by Crippen LogP contribution is 2.10. The van der Waals surface area contributed by atoms with Crippen molar-refractivity contribution in [3.63, 3.8) is 0 Å². The number of aliphatic imine (C=N–C) groups is 1. The molecule has 1 aromatic rings. The highest BCUT2D eigenvalue weighted by Gasteiger charge is 2.12. The standard InChI is InChI=1S/C17H27N5OS/c1-21(2)7-6-19-16(23)15-5-3-4-14(12-15)13-20-17(18)22-8-10-24-11-9-22/h3-5,12H,6-11,13H2,1-2H3,(H2,18,20)(H,19,23). The van der Waals surface area contributed by atoms with Crippen LogP contribution in [0.5, 0.6) is 0 Å². The molecule has 7 heteroatoms. The van der Waals surface area contributed by atoms with Crippen molar-refractivity contribution < 1.29 is 4.79 Å². The first-order valence-corrected chi connectivity index (χ1v) is 9.36. The second-order valence-electron chi connectivity index (χ2n) is 6.03. The third-order valence-electron chi connectivity index (χ3n) is 3.79. The summed E-state index contributed by atoms with van der Waals surface area (Å²) in [6, 6.07) is 7.57.